The van der Waals surface area contributed by atoms with Crippen molar-refractivity contribution in [1.29, 1.82) is 0 Å². The Balaban J connectivity index is 2.64. The molecule has 0 spiro atoms. The number of ether oxygens (including phenoxy) is 2. The molecule has 1 atom stereocenters. The smallest absolute Gasteiger partial charge is 0.479 e. The molecule has 0 saturated carbocycles. The lowest BCUT2D eigenvalue weighted by Gasteiger charge is -2.38. The molecule has 0 aromatic heterocycles. The summed E-state index contributed by atoms with van der Waals surface area (Å²) in [5.41, 5.74) is -4.04. The summed E-state index contributed by atoms with van der Waals surface area (Å²) >= 11 is 0. The minimum Gasteiger partial charge on any atom is -0.479 e. The van der Waals surface area contributed by atoms with Crippen LogP contribution in [0.15, 0.2) is 30.3 Å². The van der Waals surface area contributed by atoms with Gasteiger partial charge in [0, 0.05) is 25.3 Å². The summed E-state index contributed by atoms with van der Waals surface area (Å²) < 4.78 is 38.7. The number of carbonyl (C=O) groups excluding carboxylic acids is 2. The first-order valence-electron chi connectivity index (χ1n) is 9.76. The van der Waals surface area contributed by atoms with Gasteiger partial charge in [-0.25, -0.2) is 9.59 Å². The van der Waals surface area contributed by atoms with Crippen molar-refractivity contribution in [3.63, 3.8) is 0 Å². The second-order valence-electron chi connectivity index (χ2n) is 7.67. The van der Waals surface area contributed by atoms with Crippen molar-refractivity contribution in [1.82, 2.24) is 5.32 Å². The minimum atomic E-state index is -4.03. The van der Waals surface area contributed by atoms with E-state index < -0.39 is 58.6 Å². The molecule has 0 aliphatic carbocycles. The van der Waals surface area contributed by atoms with Gasteiger partial charge in [-0.15, -0.1) is 0 Å². The Morgan fingerprint density at radius 1 is 1.12 bits per heavy atom. The average molecular weight is 476 g/mol. The van der Waals surface area contributed by atoms with Gasteiger partial charge >= 0.3 is 12.1 Å². The van der Waals surface area contributed by atoms with Crippen molar-refractivity contribution >= 4 is 28.1 Å². The van der Waals surface area contributed by atoms with Crippen molar-refractivity contribution in [2.24, 2.45) is 5.41 Å². The second-order valence-corrected chi connectivity index (χ2v) is 9.43. The van der Waals surface area contributed by atoms with Crippen LogP contribution in [0.4, 0.5) is 4.79 Å². The second kappa shape index (κ2) is 11.8. The van der Waals surface area contributed by atoms with Gasteiger partial charge in [0.05, 0.1) is 19.0 Å². The molecular weight excluding hydrogens is 446 g/mol. The molecule has 0 saturated heterocycles. The molecule has 12 heteroatoms. The van der Waals surface area contributed by atoms with Crippen LogP contribution in [0.25, 0.3) is 0 Å². The van der Waals surface area contributed by atoms with Crippen molar-refractivity contribution in [2.45, 2.75) is 39.2 Å². The Morgan fingerprint density at radius 2 is 1.75 bits per heavy atom. The third-order valence-electron chi connectivity index (χ3n) is 4.65. The lowest BCUT2D eigenvalue weighted by atomic mass is 9.73. The first-order valence-corrected chi connectivity index (χ1v) is 11.3. The van der Waals surface area contributed by atoms with E-state index in [1.54, 1.807) is 18.2 Å². The highest BCUT2D eigenvalue weighted by Crippen LogP contribution is 2.35. The van der Waals surface area contributed by atoms with Crippen LogP contribution >= 0.6 is 0 Å². The number of para-hydroxylation sites is 1. The molecule has 0 aliphatic heterocycles. The highest BCUT2D eigenvalue weighted by molar-refractivity contribution is 7.86. The molecule has 0 radical (unpaired) electrons. The zero-order valence-electron chi connectivity index (χ0n) is 18.2. The number of aliphatic carboxylic acids is 1. The molecule has 3 N–H and O–H groups in total. The number of carbonyl (C=O) groups is 3. The fraction of sp³-hybridized carbons (Fsp3) is 0.550. The van der Waals surface area contributed by atoms with Crippen molar-refractivity contribution in [3.05, 3.63) is 30.3 Å². The van der Waals surface area contributed by atoms with Crippen molar-refractivity contribution < 1.29 is 46.7 Å². The number of nitrogens with one attached hydrogen (secondary N) is 1. The average Bonchev–Trinajstić information content (AvgIpc) is 2.70. The van der Waals surface area contributed by atoms with Crippen LogP contribution in [0.1, 0.15) is 33.6 Å². The Kier molecular flexibility index (Phi) is 10.1. The standard InChI is InChI=1S/C20H29NO10S/c1-15(22)21-11-7-13-32(27,28)30-14-19(2,3)20(26,17(23)24)10-12-29-18(25)31-16-8-5-4-6-9-16/h4-6,8-9,26H,7,10-14H2,1-3H3,(H,21,22)(H,23,24)/t20-/m0/s1. The summed E-state index contributed by atoms with van der Waals surface area (Å²) in [6.45, 7) is 2.93. The van der Waals surface area contributed by atoms with E-state index in [1.807, 2.05) is 0 Å². The van der Waals surface area contributed by atoms with Crippen LogP contribution in [0, 0.1) is 5.41 Å². The Hall–Kier alpha value is -2.70. The third-order valence-corrected chi connectivity index (χ3v) is 5.91. The van der Waals surface area contributed by atoms with E-state index in [9.17, 15) is 33.0 Å². The first-order chi connectivity index (χ1) is 14.8. The summed E-state index contributed by atoms with van der Waals surface area (Å²) in [4.78, 5) is 34.3. The van der Waals surface area contributed by atoms with Gasteiger partial charge < -0.3 is 25.0 Å². The lowest BCUT2D eigenvalue weighted by Crippen LogP contribution is -2.54. The molecule has 11 nitrogen and oxygen atoms in total. The highest BCUT2D eigenvalue weighted by atomic mass is 32.2. The Morgan fingerprint density at radius 3 is 2.31 bits per heavy atom. The molecule has 180 valence electrons. The van der Waals surface area contributed by atoms with Gasteiger partial charge in [-0.2, -0.15) is 8.42 Å². The lowest BCUT2D eigenvalue weighted by molar-refractivity contribution is -0.178. The van der Waals surface area contributed by atoms with Crippen LogP contribution < -0.4 is 10.1 Å². The van der Waals surface area contributed by atoms with Crippen LogP contribution in [0.3, 0.4) is 0 Å². The summed E-state index contributed by atoms with van der Waals surface area (Å²) in [5, 5.41) is 22.7. The quantitative estimate of drug-likeness (QED) is 0.164. The maximum atomic E-state index is 12.0. The number of carboxylic acid groups (broad SMARTS) is 1. The van der Waals surface area contributed by atoms with Crippen LogP contribution in [0.5, 0.6) is 5.75 Å². The van der Waals surface area contributed by atoms with Crippen LogP contribution in [-0.2, 0) is 28.6 Å². The summed E-state index contributed by atoms with van der Waals surface area (Å²) in [5.74, 6) is -2.10. The third kappa shape index (κ3) is 8.81. The topological polar surface area (TPSA) is 166 Å². The maximum Gasteiger partial charge on any atom is 0.513 e. The molecule has 0 aliphatic rings. The Labute approximate surface area is 186 Å². The number of carboxylic acids is 1. The Bertz CT molecular complexity index is 885. The number of amides is 1. The monoisotopic (exact) mass is 475 g/mol. The normalized spacial score (nSPS) is 13.6. The fourth-order valence-corrected chi connectivity index (χ4v) is 3.65. The van der Waals surface area contributed by atoms with Crippen LogP contribution in [-0.4, -0.2) is 67.8 Å². The molecule has 0 unspecified atom stereocenters. The SMILES string of the molecule is CC(=O)NCCCS(=O)(=O)OCC(C)(C)[C@](O)(CCOC(=O)Oc1ccccc1)C(=O)O. The largest absolute Gasteiger partial charge is 0.513 e. The predicted molar refractivity (Wildman–Crippen MR) is 112 cm³/mol. The molecular formula is C20H29NO10S. The van der Waals surface area contributed by atoms with Gasteiger partial charge in [0.15, 0.2) is 5.60 Å². The number of aliphatic hydroxyl groups is 1. The number of rotatable bonds is 13. The number of hydrogen-bond acceptors (Lipinski definition) is 9. The molecule has 1 aromatic rings. The molecule has 1 rings (SSSR count). The van der Waals surface area contributed by atoms with Gasteiger partial charge in [-0.1, -0.05) is 32.0 Å². The van der Waals surface area contributed by atoms with E-state index in [-0.39, 0.29) is 24.6 Å². The van der Waals surface area contributed by atoms with Gasteiger partial charge in [-0.05, 0) is 18.6 Å². The number of benzene rings is 1. The van der Waals surface area contributed by atoms with Crippen molar-refractivity contribution in [3.8, 4) is 5.75 Å². The molecule has 0 heterocycles. The zero-order valence-corrected chi connectivity index (χ0v) is 19.0. The highest BCUT2D eigenvalue weighted by Gasteiger charge is 2.51. The fourth-order valence-electron chi connectivity index (χ4n) is 2.56. The summed E-state index contributed by atoms with van der Waals surface area (Å²) in [7, 11) is -4.03. The van der Waals surface area contributed by atoms with Crippen molar-refractivity contribution in [2.75, 3.05) is 25.5 Å². The molecule has 0 bridgehead atoms. The summed E-state index contributed by atoms with van der Waals surface area (Å²) in [6, 6.07) is 8.04. The summed E-state index contributed by atoms with van der Waals surface area (Å²) in [6.07, 6.45) is -1.52. The van der Waals surface area contributed by atoms with Gasteiger partial charge in [0.1, 0.15) is 5.75 Å². The van der Waals surface area contributed by atoms with Gasteiger partial charge in [0.25, 0.3) is 10.1 Å². The van der Waals surface area contributed by atoms with Gasteiger partial charge in [0.2, 0.25) is 5.91 Å². The number of hydrogen-bond donors (Lipinski definition) is 3. The van der Waals surface area contributed by atoms with E-state index in [0.29, 0.717) is 0 Å². The first kappa shape index (κ1) is 27.3. The molecule has 32 heavy (non-hydrogen) atoms. The van der Waals surface area contributed by atoms with E-state index in [4.69, 9.17) is 13.7 Å². The molecule has 1 amide bonds. The molecule has 1 aromatic carbocycles. The van der Waals surface area contributed by atoms with E-state index in [0.717, 1.165) is 0 Å². The van der Waals surface area contributed by atoms with E-state index in [2.05, 4.69) is 5.32 Å². The zero-order chi connectivity index (χ0) is 24.4. The maximum absolute atomic E-state index is 12.0. The van der Waals surface area contributed by atoms with E-state index >= 15 is 0 Å². The van der Waals surface area contributed by atoms with Crippen LogP contribution in [0.2, 0.25) is 0 Å². The van der Waals surface area contributed by atoms with E-state index in [1.165, 1.54) is 32.9 Å². The predicted octanol–water partition coefficient (Wildman–Crippen LogP) is 1.31. The van der Waals surface area contributed by atoms with Gasteiger partial charge in [-0.3, -0.25) is 8.98 Å². The molecule has 0 fully saturated rings. The minimum absolute atomic E-state index is 0.100.